The number of hydrogen-bond acceptors (Lipinski definition) is 4. The van der Waals surface area contributed by atoms with Crippen molar-refractivity contribution in [2.45, 2.75) is 6.42 Å². The number of carbonyl (C=O) groups is 1. The van der Waals surface area contributed by atoms with Gasteiger partial charge in [-0.25, -0.2) is 0 Å². The smallest absolute Gasteiger partial charge is 0.185 e. The van der Waals surface area contributed by atoms with Crippen molar-refractivity contribution in [3.8, 4) is 0 Å². The molecule has 0 N–H and O–H groups in total. The number of methoxy groups -OCH3 is 1. The molecule has 0 spiro atoms. The molecule has 1 heterocycles. The number of ether oxygens (including phenoxy) is 1. The molecule has 0 saturated heterocycles. The highest BCUT2D eigenvalue weighted by Crippen LogP contribution is 2.09. The average molecular weight is 246 g/mol. The lowest BCUT2D eigenvalue weighted by Gasteiger charge is -2.00. The molecule has 5 heteroatoms. The third-order valence-electron chi connectivity index (χ3n) is 1.81. The fraction of sp³-hybridized carbons (Fsp3) is 0.500. The first-order valence-corrected chi connectivity index (χ1v) is 7.01. The van der Waals surface area contributed by atoms with Gasteiger partial charge in [-0.15, -0.1) is 11.3 Å². The number of Topliss-reactive ketones (excluding diaryl/α,β-unsaturated/α-hetero) is 1. The summed E-state index contributed by atoms with van der Waals surface area (Å²) in [6.45, 7) is 0.596. The van der Waals surface area contributed by atoms with E-state index in [-0.39, 0.29) is 11.5 Å². The van der Waals surface area contributed by atoms with Gasteiger partial charge in [0.15, 0.2) is 5.78 Å². The summed E-state index contributed by atoms with van der Waals surface area (Å²) in [7, 11) is 0.552. The number of rotatable bonds is 7. The van der Waals surface area contributed by atoms with Crippen LogP contribution in [0.1, 0.15) is 16.1 Å². The molecular weight excluding hydrogens is 232 g/mol. The Morgan fingerprint density at radius 2 is 2.40 bits per heavy atom. The van der Waals surface area contributed by atoms with Gasteiger partial charge in [-0.2, -0.15) is 0 Å². The van der Waals surface area contributed by atoms with Crippen LogP contribution in [0.3, 0.4) is 0 Å². The van der Waals surface area contributed by atoms with Crippen molar-refractivity contribution in [1.29, 1.82) is 0 Å². The molecule has 0 saturated carbocycles. The molecule has 1 atom stereocenters. The Balaban J connectivity index is 2.29. The number of thiophene rings is 1. The van der Waals surface area contributed by atoms with E-state index >= 15 is 0 Å². The van der Waals surface area contributed by atoms with Crippen LogP contribution in [0.15, 0.2) is 17.5 Å². The van der Waals surface area contributed by atoms with E-state index in [1.165, 1.54) is 11.3 Å². The highest BCUT2D eigenvalue weighted by molar-refractivity contribution is 7.85. The molecule has 0 bridgehead atoms. The molecule has 1 aromatic heterocycles. The van der Waals surface area contributed by atoms with E-state index in [1.807, 2.05) is 11.4 Å². The second-order valence-electron chi connectivity index (χ2n) is 3.04. The normalized spacial score (nSPS) is 12.6. The van der Waals surface area contributed by atoms with E-state index in [0.29, 0.717) is 17.2 Å². The molecule has 0 fully saturated rings. The highest BCUT2D eigenvalue weighted by Gasteiger charge is 2.10. The SMILES string of the molecule is COCCCS(=O)CC(=O)c1cccs1. The maximum absolute atomic E-state index is 11.5. The molecule has 1 rings (SSSR count). The molecule has 0 amide bonds. The second kappa shape index (κ2) is 6.87. The molecule has 0 aromatic carbocycles. The third-order valence-corrected chi connectivity index (χ3v) is 4.05. The van der Waals surface area contributed by atoms with E-state index < -0.39 is 10.8 Å². The fourth-order valence-corrected chi connectivity index (χ4v) is 2.88. The summed E-state index contributed by atoms with van der Waals surface area (Å²) in [4.78, 5) is 12.2. The Labute approximate surface area is 95.9 Å². The molecule has 1 unspecified atom stereocenters. The van der Waals surface area contributed by atoms with Crippen LogP contribution >= 0.6 is 11.3 Å². The average Bonchev–Trinajstić information content (AvgIpc) is 2.70. The summed E-state index contributed by atoms with van der Waals surface area (Å²) in [5, 5.41) is 1.85. The molecule has 0 radical (unpaired) electrons. The molecule has 3 nitrogen and oxygen atoms in total. The van der Waals surface area contributed by atoms with Gasteiger partial charge in [-0.05, 0) is 17.9 Å². The van der Waals surface area contributed by atoms with Gasteiger partial charge in [0.2, 0.25) is 0 Å². The van der Waals surface area contributed by atoms with Gasteiger partial charge in [0, 0.05) is 30.3 Å². The van der Waals surface area contributed by atoms with Crippen molar-refractivity contribution < 1.29 is 13.7 Å². The van der Waals surface area contributed by atoms with Crippen LogP contribution in [0.4, 0.5) is 0 Å². The minimum atomic E-state index is -1.06. The predicted octanol–water partition coefficient (Wildman–Crippen LogP) is 1.72. The van der Waals surface area contributed by atoms with Crippen molar-refractivity contribution in [1.82, 2.24) is 0 Å². The summed E-state index contributed by atoms with van der Waals surface area (Å²) in [5.41, 5.74) is 0. The van der Waals surface area contributed by atoms with E-state index in [9.17, 15) is 9.00 Å². The maximum Gasteiger partial charge on any atom is 0.185 e. The Kier molecular flexibility index (Phi) is 5.75. The van der Waals surface area contributed by atoms with Gasteiger partial charge in [0.1, 0.15) is 0 Å². The Hall–Kier alpha value is -0.520. The van der Waals surface area contributed by atoms with Gasteiger partial charge < -0.3 is 4.74 Å². The first-order chi connectivity index (χ1) is 7.24. The minimum absolute atomic E-state index is 0.0271. The Morgan fingerprint density at radius 3 is 3.00 bits per heavy atom. The van der Waals surface area contributed by atoms with Crippen LogP contribution < -0.4 is 0 Å². The van der Waals surface area contributed by atoms with E-state index in [0.717, 1.165) is 6.42 Å². The Morgan fingerprint density at radius 1 is 1.60 bits per heavy atom. The lowest BCUT2D eigenvalue weighted by atomic mass is 10.4. The van der Waals surface area contributed by atoms with E-state index in [2.05, 4.69) is 0 Å². The lowest BCUT2D eigenvalue weighted by Crippen LogP contribution is -2.13. The first kappa shape index (κ1) is 12.5. The van der Waals surface area contributed by atoms with Gasteiger partial charge in [0.25, 0.3) is 0 Å². The van der Waals surface area contributed by atoms with Gasteiger partial charge in [-0.1, -0.05) is 6.07 Å². The number of ketones is 1. The number of hydrogen-bond donors (Lipinski definition) is 0. The largest absolute Gasteiger partial charge is 0.385 e. The van der Waals surface area contributed by atoms with Crippen molar-refractivity contribution in [3.05, 3.63) is 22.4 Å². The molecular formula is C10H14O3S2. The zero-order chi connectivity index (χ0) is 11.1. The first-order valence-electron chi connectivity index (χ1n) is 4.64. The molecule has 1 aromatic rings. The lowest BCUT2D eigenvalue weighted by molar-refractivity contribution is 0.102. The molecule has 0 aliphatic rings. The van der Waals surface area contributed by atoms with Crippen molar-refractivity contribution >= 4 is 27.9 Å². The second-order valence-corrected chi connectivity index (χ2v) is 5.56. The monoisotopic (exact) mass is 246 g/mol. The highest BCUT2D eigenvalue weighted by atomic mass is 32.2. The molecule has 15 heavy (non-hydrogen) atoms. The van der Waals surface area contributed by atoms with Crippen LogP contribution in [0.25, 0.3) is 0 Å². The van der Waals surface area contributed by atoms with E-state index in [1.54, 1.807) is 13.2 Å². The standard InChI is InChI=1S/C10H14O3S2/c1-13-5-3-7-15(12)8-9(11)10-4-2-6-14-10/h2,4,6H,3,5,7-8H2,1H3. The van der Waals surface area contributed by atoms with Gasteiger partial charge in [-0.3, -0.25) is 9.00 Å². The van der Waals surface area contributed by atoms with E-state index in [4.69, 9.17) is 4.74 Å². The summed E-state index contributed by atoms with van der Waals surface area (Å²) < 4.78 is 16.3. The Bertz CT molecular complexity index is 319. The zero-order valence-electron chi connectivity index (χ0n) is 8.60. The summed E-state index contributed by atoms with van der Waals surface area (Å²) >= 11 is 1.39. The van der Waals surface area contributed by atoms with Gasteiger partial charge in [0.05, 0.1) is 10.6 Å². The van der Waals surface area contributed by atoms with Crippen LogP contribution in [0.5, 0.6) is 0 Å². The van der Waals surface area contributed by atoms with Crippen LogP contribution in [-0.4, -0.2) is 35.2 Å². The maximum atomic E-state index is 11.5. The van der Waals surface area contributed by atoms with Crippen molar-refractivity contribution in [3.63, 3.8) is 0 Å². The topological polar surface area (TPSA) is 43.4 Å². The summed E-state index contributed by atoms with van der Waals surface area (Å²) in [5.74, 6) is 0.635. The summed E-state index contributed by atoms with van der Waals surface area (Å²) in [6.07, 6.45) is 0.737. The van der Waals surface area contributed by atoms with Crippen LogP contribution in [0, 0.1) is 0 Å². The van der Waals surface area contributed by atoms with Crippen LogP contribution in [-0.2, 0) is 15.5 Å². The van der Waals surface area contributed by atoms with Crippen molar-refractivity contribution in [2.75, 3.05) is 25.2 Å². The molecule has 84 valence electrons. The third kappa shape index (κ3) is 4.68. The van der Waals surface area contributed by atoms with Crippen molar-refractivity contribution in [2.24, 2.45) is 0 Å². The molecule has 0 aliphatic carbocycles. The van der Waals surface area contributed by atoms with Gasteiger partial charge >= 0.3 is 0 Å². The predicted molar refractivity (Wildman–Crippen MR) is 63.0 cm³/mol. The van der Waals surface area contributed by atoms with Crippen LogP contribution in [0.2, 0.25) is 0 Å². The summed E-state index contributed by atoms with van der Waals surface area (Å²) in [6, 6.07) is 3.59. The number of carbonyl (C=O) groups excluding carboxylic acids is 1. The zero-order valence-corrected chi connectivity index (χ0v) is 10.2. The molecule has 0 aliphatic heterocycles. The quantitative estimate of drug-likeness (QED) is 0.543. The minimum Gasteiger partial charge on any atom is -0.385 e. The fourth-order valence-electron chi connectivity index (χ4n) is 1.09.